The molecule has 0 aromatic heterocycles. The number of nitrogens with one attached hydrogen (secondary N) is 1. The minimum absolute atomic E-state index is 0.0784. The molecule has 0 heterocycles. The normalized spacial score (nSPS) is 15.3. The molecule has 0 atom stereocenters. The molecule has 1 fully saturated rings. The Morgan fingerprint density at radius 2 is 2.00 bits per heavy atom. The quantitative estimate of drug-likeness (QED) is 0.608. The van der Waals surface area contributed by atoms with Crippen LogP contribution < -0.4 is 9.46 Å². The van der Waals surface area contributed by atoms with Crippen molar-refractivity contribution in [1.82, 2.24) is 4.72 Å². The molecule has 0 amide bonds. The second kappa shape index (κ2) is 9.01. The number of benzene rings is 1. The summed E-state index contributed by atoms with van der Waals surface area (Å²) in [7, 11) is -3.30. The first-order valence-electron chi connectivity index (χ1n) is 9.00. The lowest BCUT2D eigenvalue weighted by atomic mass is 9.99. The van der Waals surface area contributed by atoms with Crippen LogP contribution in [0.2, 0.25) is 0 Å². The van der Waals surface area contributed by atoms with Crippen LogP contribution >= 0.6 is 0 Å². The molecule has 25 heavy (non-hydrogen) atoms. The monoisotopic (exact) mass is 369 g/mol. The van der Waals surface area contributed by atoms with Gasteiger partial charge in [0, 0.05) is 13.2 Å². The lowest BCUT2D eigenvalue weighted by molar-refractivity contribution is 0.0720. The van der Waals surface area contributed by atoms with Gasteiger partial charge in [0.15, 0.2) is 0 Å². The van der Waals surface area contributed by atoms with Gasteiger partial charge in [-0.05, 0) is 48.3 Å². The number of sulfonamides is 1. The van der Waals surface area contributed by atoms with Crippen molar-refractivity contribution >= 4 is 10.0 Å². The molecule has 142 valence electrons. The topological polar surface area (TPSA) is 64.6 Å². The van der Waals surface area contributed by atoms with Crippen molar-refractivity contribution in [2.75, 3.05) is 25.6 Å². The van der Waals surface area contributed by atoms with Crippen LogP contribution in [0.4, 0.5) is 0 Å². The molecule has 0 spiro atoms. The van der Waals surface area contributed by atoms with Gasteiger partial charge in [0.1, 0.15) is 5.75 Å². The van der Waals surface area contributed by atoms with E-state index in [-0.39, 0.29) is 17.7 Å². The Morgan fingerprint density at radius 1 is 1.24 bits per heavy atom. The summed E-state index contributed by atoms with van der Waals surface area (Å²) < 4.78 is 38.0. The highest BCUT2D eigenvalue weighted by Gasteiger charge is 2.21. The molecule has 1 aliphatic carbocycles. The second-order valence-electron chi connectivity index (χ2n) is 8.01. The maximum absolute atomic E-state index is 12.1. The summed E-state index contributed by atoms with van der Waals surface area (Å²) in [6, 6.07) is 7.61. The summed E-state index contributed by atoms with van der Waals surface area (Å²) in [6.45, 7) is 8.40. The third kappa shape index (κ3) is 9.23. The van der Waals surface area contributed by atoms with E-state index >= 15 is 0 Å². The minimum atomic E-state index is -3.30. The minimum Gasteiger partial charge on any atom is -0.493 e. The van der Waals surface area contributed by atoms with Crippen LogP contribution in [0.25, 0.3) is 0 Å². The molecule has 0 saturated heterocycles. The van der Waals surface area contributed by atoms with Crippen LogP contribution in [0.1, 0.15) is 45.6 Å². The summed E-state index contributed by atoms with van der Waals surface area (Å²) in [5.74, 6) is 1.58. The van der Waals surface area contributed by atoms with Crippen molar-refractivity contribution in [2.45, 2.75) is 46.6 Å². The first-order valence-corrected chi connectivity index (χ1v) is 10.7. The third-order valence-electron chi connectivity index (χ3n) is 3.81. The fourth-order valence-corrected chi connectivity index (χ4v) is 3.27. The summed E-state index contributed by atoms with van der Waals surface area (Å²) in [4.78, 5) is 0. The van der Waals surface area contributed by atoms with Crippen molar-refractivity contribution in [3.63, 3.8) is 0 Å². The zero-order valence-corrected chi connectivity index (χ0v) is 16.4. The molecular formula is C19H31NO4S. The van der Waals surface area contributed by atoms with Crippen LogP contribution in [0.3, 0.4) is 0 Å². The molecule has 0 aliphatic heterocycles. The molecule has 1 aromatic rings. The molecule has 0 bridgehead atoms. The average molecular weight is 370 g/mol. The molecule has 6 heteroatoms. The Bertz CT molecular complexity index is 633. The molecule has 5 nitrogen and oxygen atoms in total. The average Bonchev–Trinajstić information content (AvgIpc) is 3.34. The highest BCUT2D eigenvalue weighted by atomic mass is 32.2. The van der Waals surface area contributed by atoms with E-state index in [4.69, 9.17) is 9.47 Å². The highest BCUT2D eigenvalue weighted by Crippen LogP contribution is 2.29. The van der Waals surface area contributed by atoms with E-state index in [1.165, 1.54) is 12.8 Å². The van der Waals surface area contributed by atoms with Gasteiger partial charge in [-0.15, -0.1) is 0 Å². The fourth-order valence-electron chi connectivity index (χ4n) is 2.24. The Balaban J connectivity index is 1.68. The smallest absolute Gasteiger partial charge is 0.211 e. The zero-order valence-electron chi connectivity index (χ0n) is 15.6. The zero-order chi connectivity index (χ0) is 18.3. The molecule has 1 aromatic carbocycles. The van der Waals surface area contributed by atoms with Gasteiger partial charge in [0.05, 0.1) is 19.0 Å². The largest absolute Gasteiger partial charge is 0.493 e. The summed E-state index contributed by atoms with van der Waals surface area (Å²) in [5.41, 5.74) is 1.00. The Morgan fingerprint density at radius 3 is 2.68 bits per heavy atom. The Labute approximate surface area is 152 Å². The standard InChI is InChI=1S/C19H31NO4S/c1-19(2,3)15-23-10-5-11-25(21,22)20-13-17-6-4-7-18(12-17)24-14-16-8-9-16/h4,6-7,12,16,20H,5,8-11,13-15H2,1-3H3. The predicted molar refractivity (Wildman–Crippen MR) is 100 cm³/mol. The van der Waals surface area contributed by atoms with Crippen LogP contribution in [0.15, 0.2) is 24.3 Å². The van der Waals surface area contributed by atoms with Crippen molar-refractivity contribution in [1.29, 1.82) is 0 Å². The number of hydrogen-bond donors (Lipinski definition) is 1. The van der Waals surface area contributed by atoms with E-state index in [1.807, 2.05) is 24.3 Å². The molecule has 1 aliphatic rings. The third-order valence-corrected chi connectivity index (χ3v) is 5.22. The van der Waals surface area contributed by atoms with E-state index < -0.39 is 10.0 Å². The molecular weight excluding hydrogens is 338 g/mol. The van der Waals surface area contributed by atoms with E-state index in [0.717, 1.165) is 17.9 Å². The van der Waals surface area contributed by atoms with Crippen LogP contribution in [0, 0.1) is 11.3 Å². The molecule has 1 N–H and O–H groups in total. The van der Waals surface area contributed by atoms with Gasteiger partial charge >= 0.3 is 0 Å². The van der Waals surface area contributed by atoms with Gasteiger partial charge in [-0.25, -0.2) is 13.1 Å². The van der Waals surface area contributed by atoms with Gasteiger partial charge in [-0.3, -0.25) is 0 Å². The van der Waals surface area contributed by atoms with Crippen LogP contribution in [-0.4, -0.2) is 34.0 Å². The van der Waals surface area contributed by atoms with E-state index in [1.54, 1.807) is 0 Å². The van der Waals surface area contributed by atoms with Crippen LogP contribution in [0.5, 0.6) is 5.75 Å². The number of hydrogen-bond acceptors (Lipinski definition) is 4. The fraction of sp³-hybridized carbons (Fsp3) is 0.684. The van der Waals surface area contributed by atoms with Gasteiger partial charge in [-0.1, -0.05) is 32.9 Å². The van der Waals surface area contributed by atoms with Crippen molar-refractivity contribution in [2.24, 2.45) is 11.3 Å². The summed E-state index contributed by atoms with van der Waals surface area (Å²) in [5, 5.41) is 0. The van der Waals surface area contributed by atoms with Gasteiger partial charge in [-0.2, -0.15) is 0 Å². The van der Waals surface area contributed by atoms with Gasteiger partial charge in [0.25, 0.3) is 0 Å². The SMILES string of the molecule is CC(C)(C)COCCCS(=O)(=O)NCc1cccc(OCC2CC2)c1. The lowest BCUT2D eigenvalue weighted by Gasteiger charge is -2.17. The summed E-state index contributed by atoms with van der Waals surface area (Å²) in [6.07, 6.45) is 2.99. The van der Waals surface area contributed by atoms with E-state index in [2.05, 4.69) is 25.5 Å². The maximum Gasteiger partial charge on any atom is 0.211 e. The Hall–Kier alpha value is -1.11. The van der Waals surface area contributed by atoms with Crippen molar-refractivity contribution in [3.05, 3.63) is 29.8 Å². The van der Waals surface area contributed by atoms with Gasteiger partial charge < -0.3 is 9.47 Å². The van der Waals surface area contributed by atoms with Crippen molar-refractivity contribution in [3.8, 4) is 5.75 Å². The van der Waals surface area contributed by atoms with Gasteiger partial charge in [0.2, 0.25) is 10.0 Å². The Kier molecular flexibility index (Phi) is 7.28. The molecule has 1 saturated carbocycles. The first kappa shape index (κ1) is 20.2. The van der Waals surface area contributed by atoms with E-state index in [9.17, 15) is 8.42 Å². The van der Waals surface area contributed by atoms with Crippen LogP contribution in [-0.2, 0) is 21.3 Å². The van der Waals surface area contributed by atoms with Crippen molar-refractivity contribution < 1.29 is 17.9 Å². The molecule has 2 rings (SSSR count). The lowest BCUT2D eigenvalue weighted by Crippen LogP contribution is -2.26. The predicted octanol–water partition coefficient (Wildman–Crippen LogP) is 3.35. The second-order valence-corrected chi connectivity index (χ2v) is 9.93. The molecule has 0 radical (unpaired) electrons. The molecule has 0 unspecified atom stereocenters. The maximum atomic E-state index is 12.1. The summed E-state index contributed by atoms with van der Waals surface area (Å²) >= 11 is 0. The highest BCUT2D eigenvalue weighted by molar-refractivity contribution is 7.89. The number of rotatable bonds is 11. The first-order chi connectivity index (χ1) is 11.7. The van der Waals surface area contributed by atoms with E-state index in [0.29, 0.717) is 25.6 Å². The number of ether oxygens (including phenoxy) is 2.